The van der Waals surface area contributed by atoms with Crippen LogP contribution in [0.25, 0.3) is 0 Å². The number of hydrogen-bond donors (Lipinski definition) is 5. The highest BCUT2D eigenvalue weighted by atomic mass is 32.2. The Labute approximate surface area is 185 Å². The predicted molar refractivity (Wildman–Crippen MR) is 118 cm³/mol. The molecule has 2 aliphatic rings. The molecule has 5 N–H and O–H groups in total. The molecule has 0 saturated carbocycles. The zero-order valence-electron chi connectivity index (χ0n) is 17.2. The van der Waals surface area contributed by atoms with E-state index >= 15 is 0 Å². The average Bonchev–Trinajstić information content (AvgIpc) is 3.28. The monoisotopic (exact) mass is 448 g/mol. The Balaban J connectivity index is 1.24. The van der Waals surface area contributed by atoms with Crippen LogP contribution in [0, 0.1) is 0 Å². The van der Waals surface area contributed by atoms with Crippen molar-refractivity contribution < 1.29 is 24.3 Å². The Bertz CT molecular complexity index is 834. The van der Waals surface area contributed by atoms with Crippen LogP contribution in [0.15, 0.2) is 24.3 Å². The first-order valence-corrected chi connectivity index (χ1v) is 11.6. The summed E-state index contributed by atoms with van der Waals surface area (Å²) in [6.07, 6.45) is 3.79. The van der Waals surface area contributed by atoms with Crippen LogP contribution in [-0.4, -0.2) is 58.6 Å². The summed E-state index contributed by atoms with van der Waals surface area (Å²) < 4.78 is 0. The average molecular weight is 449 g/mol. The van der Waals surface area contributed by atoms with Crippen LogP contribution >= 0.6 is 11.8 Å². The third-order valence-corrected chi connectivity index (χ3v) is 6.92. The van der Waals surface area contributed by atoms with Crippen molar-refractivity contribution in [1.82, 2.24) is 16.0 Å². The van der Waals surface area contributed by atoms with Crippen LogP contribution in [0.3, 0.4) is 0 Å². The SMILES string of the molecule is O=C(CCCC[C@@H]1SC[C@@H]2NC(=O)N[C@@H]21)NCCCC(=O)Nc1ccccc1C(=O)O. The first-order valence-electron chi connectivity index (χ1n) is 10.5. The van der Waals surface area contributed by atoms with Crippen molar-refractivity contribution in [2.45, 2.75) is 55.9 Å². The summed E-state index contributed by atoms with van der Waals surface area (Å²) in [5, 5.41) is 20.8. The number of unbranched alkanes of at least 4 members (excludes halogenated alkanes) is 1. The zero-order valence-corrected chi connectivity index (χ0v) is 18.0. The first kappa shape index (κ1) is 22.9. The molecular weight excluding hydrogens is 420 g/mol. The van der Waals surface area contributed by atoms with Crippen LogP contribution in [0.1, 0.15) is 48.9 Å². The number of rotatable bonds is 11. The molecule has 3 rings (SSSR count). The second kappa shape index (κ2) is 11.0. The third kappa shape index (κ3) is 6.61. The van der Waals surface area contributed by atoms with E-state index in [1.807, 2.05) is 11.8 Å². The molecule has 0 radical (unpaired) electrons. The van der Waals surface area contributed by atoms with E-state index < -0.39 is 5.97 Å². The number of para-hydroxylation sites is 1. The summed E-state index contributed by atoms with van der Waals surface area (Å²) in [7, 11) is 0. The molecule has 2 aliphatic heterocycles. The summed E-state index contributed by atoms with van der Waals surface area (Å²) in [5.74, 6) is -0.489. The highest BCUT2D eigenvalue weighted by molar-refractivity contribution is 8.00. The van der Waals surface area contributed by atoms with Crippen molar-refractivity contribution >= 4 is 41.3 Å². The standard InChI is InChI=1S/C21H28N4O5S/c26-17(9-4-3-8-16-19-15(12-31-16)24-21(30)25-19)22-11-5-10-18(27)23-14-7-2-1-6-13(14)20(28)29/h1-2,6-7,15-16,19H,3-5,8-12H2,(H,22,26)(H,23,27)(H,28,29)(H2,24,25,30)/t15-,16-,19-/m0/s1. The van der Waals surface area contributed by atoms with Gasteiger partial charge in [0.2, 0.25) is 11.8 Å². The van der Waals surface area contributed by atoms with Crippen molar-refractivity contribution in [2.24, 2.45) is 0 Å². The normalized spacial score (nSPS) is 21.7. The Hall–Kier alpha value is -2.75. The largest absolute Gasteiger partial charge is 0.478 e. The Morgan fingerprint density at radius 3 is 2.65 bits per heavy atom. The van der Waals surface area contributed by atoms with Crippen molar-refractivity contribution in [2.75, 3.05) is 17.6 Å². The van der Waals surface area contributed by atoms with Crippen LogP contribution < -0.4 is 21.3 Å². The van der Waals surface area contributed by atoms with Gasteiger partial charge in [0.25, 0.3) is 0 Å². The molecule has 3 atom stereocenters. The number of thioether (sulfide) groups is 1. The van der Waals surface area contributed by atoms with Gasteiger partial charge in [0.05, 0.1) is 23.3 Å². The minimum Gasteiger partial charge on any atom is -0.478 e. The summed E-state index contributed by atoms with van der Waals surface area (Å²) >= 11 is 1.87. The molecule has 0 unspecified atom stereocenters. The number of carboxylic acid groups (broad SMARTS) is 1. The van der Waals surface area contributed by atoms with E-state index in [9.17, 15) is 19.2 Å². The van der Waals surface area contributed by atoms with Gasteiger partial charge in [-0.2, -0.15) is 11.8 Å². The molecular formula is C21H28N4O5S. The highest BCUT2D eigenvalue weighted by Crippen LogP contribution is 2.33. The molecule has 1 aromatic rings. The number of amides is 4. The van der Waals surface area contributed by atoms with E-state index in [-0.39, 0.29) is 47.6 Å². The molecule has 0 aromatic heterocycles. The smallest absolute Gasteiger partial charge is 0.337 e. The minimum atomic E-state index is -1.10. The second-order valence-electron chi connectivity index (χ2n) is 7.72. The molecule has 0 aliphatic carbocycles. The molecule has 4 amide bonds. The van der Waals surface area contributed by atoms with Crippen LogP contribution in [0.4, 0.5) is 10.5 Å². The maximum atomic E-state index is 12.0. The second-order valence-corrected chi connectivity index (χ2v) is 8.99. The molecule has 2 saturated heterocycles. The van der Waals surface area contributed by atoms with Gasteiger partial charge in [-0.25, -0.2) is 9.59 Å². The number of carbonyl (C=O) groups is 4. The number of fused-ring (bicyclic) bond motifs is 1. The van der Waals surface area contributed by atoms with Crippen LogP contribution in [-0.2, 0) is 9.59 Å². The van der Waals surface area contributed by atoms with Gasteiger partial charge in [0, 0.05) is 30.4 Å². The lowest BCUT2D eigenvalue weighted by Crippen LogP contribution is -2.36. The molecule has 10 heteroatoms. The third-order valence-electron chi connectivity index (χ3n) is 5.41. The molecule has 1 aromatic carbocycles. The Kier molecular flexibility index (Phi) is 8.16. The van der Waals surface area contributed by atoms with Gasteiger partial charge < -0.3 is 26.4 Å². The summed E-state index contributed by atoms with van der Waals surface area (Å²) in [5.41, 5.74) is 0.311. The van der Waals surface area contributed by atoms with Crippen LogP contribution in [0.5, 0.6) is 0 Å². The summed E-state index contributed by atoms with van der Waals surface area (Å²) in [4.78, 5) is 46.5. The Morgan fingerprint density at radius 2 is 1.84 bits per heavy atom. The fourth-order valence-electron chi connectivity index (χ4n) is 3.83. The first-order chi connectivity index (χ1) is 14.9. The molecule has 0 spiro atoms. The van der Waals surface area contributed by atoms with Gasteiger partial charge in [-0.05, 0) is 31.4 Å². The van der Waals surface area contributed by atoms with Gasteiger partial charge in [-0.1, -0.05) is 18.6 Å². The number of aromatic carboxylic acids is 1. The number of nitrogens with one attached hydrogen (secondary N) is 4. The number of anilines is 1. The summed E-state index contributed by atoms with van der Waals surface area (Å²) in [6, 6.07) is 6.57. The van der Waals surface area contributed by atoms with E-state index in [1.54, 1.807) is 18.2 Å². The molecule has 0 bridgehead atoms. The summed E-state index contributed by atoms with van der Waals surface area (Å²) in [6.45, 7) is 0.396. The molecule has 9 nitrogen and oxygen atoms in total. The highest BCUT2D eigenvalue weighted by Gasteiger charge is 2.42. The van der Waals surface area contributed by atoms with Crippen molar-refractivity contribution in [3.63, 3.8) is 0 Å². The van der Waals surface area contributed by atoms with Crippen LogP contribution in [0.2, 0.25) is 0 Å². The van der Waals surface area contributed by atoms with Gasteiger partial charge in [-0.3, -0.25) is 9.59 Å². The maximum Gasteiger partial charge on any atom is 0.337 e. The maximum absolute atomic E-state index is 12.0. The van der Waals surface area contributed by atoms with Crippen molar-refractivity contribution in [3.8, 4) is 0 Å². The van der Waals surface area contributed by atoms with E-state index in [2.05, 4.69) is 21.3 Å². The van der Waals surface area contributed by atoms with Crippen molar-refractivity contribution in [1.29, 1.82) is 0 Å². The lowest BCUT2D eigenvalue weighted by atomic mass is 10.0. The number of hydrogen-bond acceptors (Lipinski definition) is 5. The van der Waals surface area contributed by atoms with E-state index in [4.69, 9.17) is 5.11 Å². The predicted octanol–water partition coefficient (Wildman–Crippen LogP) is 1.95. The number of benzene rings is 1. The van der Waals surface area contributed by atoms with Gasteiger partial charge in [0.1, 0.15) is 0 Å². The lowest BCUT2D eigenvalue weighted by molar-refractivity contribution is -0.121. The van der Waals surface area contributed by atoms with Gasteiger partial charge >= 0.3 is 12.0 Å². The zero-order chi connectivity index (χ0) is 22.2. The fourth-order valence-corrected chi connectivity index (χ4v) is 5.37. The van der Waals surface area contributed by atoms with Crippen molar-refractivity contribution in [3.05, 3.63) is 29.8 Å². The number of urea groups is 1. The van der Waals surface area contributed by atoms with E-state index in [1.165, 1.54) is 6.07 Å². The number of carboxylic acids is 1. The van der Waals surface area contributed by atoms with E-state index in [0.29, 0.717) is 24.6 Å². The van der Waals surface area contributed by atoms with Gasteiger partial charge in [-0.15, -0.1) is 0 Å². The molecule has 168 valence electrons. The molecule has 31 heavy (non-hydrogen) atoms. The lowest BCUT2D eigenvalue weighted by Gasteiger charge is -2.16. The van der Waals surface area contributed by atoms with E-state index in [0.717, 1.165) is 25.0 Å². The van der Waals surface area contributed by atoms with Gasteiger partial charge in [0.15, 0.2) is 0 Å². The fraction of sp³-hybridized carbons (Fsp3) is 0.524. The molecule has 2 fully saturated rings. The quantitative estimate of drug-likeness (QED) is 0.259. The number of carbonyl (C=O) groups excluding carboxylic acids is 3. The Morgan fingerprint density at radius 1 is 1.06 bits per heavy atom. The minimum absolute atomic E-state index is 0.0376. The molecule has 2 heterocycles. The topological polar surface area (TPSA) is 137 Å².